The van der Waals surface area contributed by atoms with E-state index >= 15 is 0 Å². The van der Waals surface area contributed by atoms with E-state index in [1.807, 2.05) is 37.3 Å². The zero-order valence-electron chi connectivity index (χ0n) is 13.5. The van der Waals surface area contributed by atoms with Gasteiger partial charge in [-0.2, -0.15) is 5.26 Å². The highest BCUT2D eigenvalue weighted by Gasteiger charge is 2.09. The quantitative estimate of drug-likeness (QED) is 0.762. The van der Waals surface area contributed by atoms with Crippen LogP contribution in [0.5, 0.6) is 0 Å². The molecule has 0 fully saturated rings. The van der Waals surface area contributed by atoms with Crippen LogP contribution in [0.1, 0.15) is 21.6 Å². The molecule has 0 radical (unpaired) electrons. The first-order valence-electron chi connectivity index (χ1n) is 7.63. The summed E-state index contributed by atoms with van der Waals surface area (Å²) in [7, 11) is 0. The number of nitrogens with one attached hydrogen (secondary N) is 2. The fourth-order valence-electron chi connectivity index (χ4n) is 2.13. The normalized spacial score (nSPS) is 9.92. The summed E-state index contributed by atoms with van der Waals surface area (Å²) < 4.78 is 0. The van der Waals surface area contributed by atoms with Crippen LogP contribution in [-0.4, -0.2) is 16.1 Å². The molecule has 0 aliphatic rings. The zero-order chi connectivity index (χ0) is 17.6. The van der Waals surface area contributed by atoms with E-state index in [0.29, 0.717) is 17.1 Å². The molecule has 25 heavy (non-hydrogen) atoms. The molecular formula is C19H15N5O. The van der Waals surface area contributed by atoms with Crippen LogP contribution in [0.15, 0.2) is 60.7 Å². The minimum absolute atomic E-state index is 0.207. The molecule has 0 atom stereocenters. The van der Waals surface area contributed by atoms with E-state index in [0.717, 1.165) is 5.69 Å². The first-order valence-corrected chi connectivity index (χ1v) is 7.63. The van der Waals surface area contributed by atoms with Crippen molar-refractivity contribution in [3.63, 3.8) is 0 Å². The predicted octanol–water partition coefficient (Wildman–Crippen LogP) is 3.65. The molecule has 6 heteroatoms. The van der Waals surface area contributed by atoms with Crippen molar-refractivity contribution in [2.24, 2.45) is 0 Å². The van der Waals surface area contributed by atoms with Gasteiger partial charge in [-0.25, -0.2) is 0 Å². The van der Waals surface area contributed by atoms with Crippen molar-refractivity contribution in [2.75, 3.05) is 10.6 Å². The lowest BCUT2D eigenvalue weighted by atomic mass is 10.2. The van der Waals surface area contributed by atoms with Gasteiger partial charge in [-0.15, -0.1) is 10.2 Å². The third kappa shape index (κ3) is 4.18. The van der Waals surface area contributed by atoms with Crippen molar-refractivity contribution in [1.29, 1.82) is 5.26 Å². The maximum Gasteiger partial charge on any atom is 0.276 e. The van der Waals surface area contributed by atoms with E-state index in [-0.39, 0.29) is 11.6 Å². The molecule has 1 heterocycles. The molecule has 1 amide bonds. The summed E-state index contributed by atoms with van der Waals surface area (Å²) >= 11 is 0. The van der Waals surface area contributed by atoms with Gasteiger partial charge >= 0.3 is 0 Å². The van der Waals surface area contributed by atoms with E-state index in [1.54, 1.807) is 36.4 Å². The molecule has 2 aromatic carbocycles. The van der Waals surface area contributed by atoms with Crippen molar-refractivity contribution in [2.45, 2.75) is 6.92 Å². The first-order chi connectivity index (χ1) is 12.1. The van der Waals surface area contributed by atoms with E-state index in [1.165, 1.54) is 5.56 Å². The second-order valence-electron chi connectivity index (χ2n) is 5.44. The monoisotopic (exact) mass is 329 g/mol. The van der Waals surface area contributed by atoms with Crippen molar-refractivity contribution in [3.8, 4) is 6.07 Å². The largest absolute Gasteiger partial charge is 0.339 e. The van der Waals surface area contributed by atoms with E-state index < -0.39 is 0 Å². The Kier molecular flexibility index (Phi) is 4.67. The van der Waals surface area contributed by atoms with Gasteiger partial charge in [-0.05, 0) is 55.5 Å². The zero-order valence-corrected chi connectivity index (χ0v) is 13.5. The lowest BCUT2D eigenvalue weighted by Gasteiger charge is -2.07. The lowest BCUT2D eigenvalue weighted by molar-refractivity contribution is 0.102. The van der Waals surface area contributed by atoms with Gasteiger partial charge in [0.2, 0.25) is 0 Å². The summed E-state index contributed by atoms with van der Waals surface area (Å²) in [4.78, 5) is 12.2. The average molecular weight is 329 g/mol. The van der Waals surface area contributed by atoms with Crippen molar-refractivity contribution in [1.82, 2.24) is 10.2 Å². The van der Waals surface area contributed by atoms with Crippen LogP contribution in [0.4, 0.5) is 17.2 Å². The Hall–Kier alpha value is -3.72. The van der Waals surface area contributed by atoms with Gasteiger partial charge in [0.1, 0.15) is 0 Å². The first kappa shape index (κ1) is 16.1. The number of hydrogen-bond acceptors (Lipinski definition) is 5. The SMILES string of the molecule is Cc1ccc(Nc2ccc(C(=O)Nc3ccc(C#N)cc3)nn2)cc1. The van der Waals surface area contributed by atoms with Crippen LogP contribution in [0, 0.1) is 18.3 Å². The molecule has 3 rings (SSSR count). The number of amides is 1. The maximum absolute atomic E-state index is 12.2. The van der Waals surface area contributed by atoms with Crippen molar-refractivity contribution in [3.05, 3.63) is 77.5 Å². The third-order valence-electron chi connectivity index (χ3n) is 3.49. The molecule has 0 aliphatic heterocycles. The molecule has 0 aliphatic carbocycles. The van der Waals surface area contributed by atoms with E-state index in [2.05, 4.69) is 20.8 Å². The van der Waals surface area contributed by atoms with Crippen LogP contribution in [0.3, 0.4) is 0 Å². The number of hydrogen-bond donors (Lipinski definition) is 2. The number of aromatic nitrogens is 2. The molecule has 0 spiro atoms. The Bertz CT molecular complexity index is 910. The molecule has 2 N–H and O–H groups in total. The smallest absolute Gasteiger partial charge is 0.276 e. The number of benzene rings is 2. The summed E-state index contributed by atoms with van der Waals surface area (Å²) in [6.07, 6.45) is 0. The number of aryl methyl sites for hydroxylation is 1. The number of rotatable bonds is 4. The predicted molar refractivity (Wildman–Crippen MR) is 95.6 cm³/mol. The highest BCUT2D eigenvalue weighted by molar-refractivity contribution is 6.02. The van der Waals surface area contributed by atoms with Gasteiger partial charge in [0.05, 0.1) is 11.6 Å². The number of carbonyl (C=O) groups excluding carboxylic acids is 1. The molecular weight excluding hydrogens is 314 g/mol. The number of carbonyl (C=O) groups is 1. The lowest BCUT2D eigenvalue weighted by Crippen LogP contribution is -2.14. The van der Waals surface area contributed by atoms with Gasteiger partial charge < -0.3 is 10.6 Å². The fraction of sp³-hybridized carbons (Fsp3) is 0.0526. The van der Waals surface area contributed by atoms with Gasteiger partial charge in [0.25, 0.3) is 5.91 Å². The van der Waals surface area contributed by atoms with Gasteiger partial charge in [-0.3, -0.25) is 4.79 Å². The number of anilines is 3. The highest BCUT2D eigenvalue weighted by atomic mass is 16.1. The Labute approximate surface area is 145 Å². The Balaban J connectivity index is 1.65. The summed E-state index contributed by atoms with van der Waals surface area (Å²) in [5.41, 5.74) is 3.40. The molecule has 6 nitrogen and oxygen atoms in total. The molecule has 3 aromatic rings. The minimum atomic E-state index is -0.362. The van der Waals surface area contributed by atoms with Crippen LogP contribution in [0.25, 0.3) is 0 Å². The van der Waals surface area contributed by atoms with Crippen molar-refractivity contribution < 1.29 is 4.79 Å². The van der Waals surface area contributed by atoms with E-state index in [4.69, 9.17) is 5.26 Å². The summed E-state index contributed by atoms with van der Waals surface area (Å²) in [5, 5.41) is 22.6. The molecule has 0 saturated heterocycles. The fourth-order valence-corrected chi connectivity index (χ4v) is 2.13. The Morgan fingerprint density at radius 2 is 1.60 bits per heavy atom. The van der Waals surface area contributed by atoms with Crippen LogP contribution >= 0.6 is 0 Å². The minimum Gasteiger partial charge on any atom is -0.339 e. The number of nitriles is 1. The second kappa shape index (κ2) is 7.23. The molecule has 0 bridgehead atoms. The molecule has 122 valence electrons. The molecule has 1 aromatic heterocycles. The molecule has 0 saturated carbocycles. The maximum atomic E-state index is 12.2. The molecule has 0 unspecified atom stereocenters. The summed E-state index contributed by atoms with van der Waals surface area (Å²) in [6.45, 7) is 2.02. The van der Waals surface area contributed by atoms with Gasteiger partial charge in [0.15, 0.2) is 11.5 Å². The Morgan fingerprint density at radius 1 is 0.920 bits per heavy atom. The summed E-state index contributed by atoms with van der Waals surface area (Å²) in [6, 6.07) is 19.8. The topological polar surface area (TPSA) is 90.7 Å². The second-order valence-corrected chi connectivity index (χ2v) is 5.44. The Morgan fingerprint density at radius 3 is 2.20 bits per heavy atom. The average Bonchev–Trinajstić information content (AvgIpc) is 2.65. The standard InChI is InChI=1S/C19H15N5O/c1-13-2-6-15(7-3-13)21-18-11-10-17(23-24-18)19(25)22-16-8-4-14(12-20)5-9-16/h2-11H,1H3,(H,21,24)(H,22,25). The van der Waals surface area contributed by atoms with Gasteiger partial charge in [-0.1, -0.05) is 17.7 Å². The van der Waals surface area contributed by atoms with E-state index in [9.17, 15) is 4.79 Å². The van der Waals surface area contributed by atoms with Crippen molar-refractivity contribution >= 4 is 23.1 Å². The number of nitrogens with zero attached hydrogens (tertiary/aromatic N) is 3. The summed E-state index contributed by atoms with van der Waals surface area (Å²) in [5.74, 6) is 0.192. The van der Waals surface area contributed by atoms with Gasteiger partial charge in [0, 0.05) is 11.4 Å². The van der Waals surface area contributed by atoms with Crippen LogP contribution in [0.2, 0.25) is 0 Å². The highest BCUT2D eigenvalue weighted by Crippen LogP contribution is 2.15. The van der Waals surface area contributed by atoms with Crippen LogP contribution in [-0.2, 0) is 0 Å². The third-order valence-corrected chi connectivity index (χ3v) is 3.49. The van der Waals surface area contributed by atoms with Crippen LogP contribution < -0.4 is 10.6 Å².